The third-order valence-corrected chi connectivity index (χ3v) is 2.11. The minimum absolute atomic E-state index is 0.256. The number of para-hydroxylation sites is 2. The van der Waals surface area contributed by atoms with E-state index in [2.05, 4.69) is 10.3 Å². The molecular weight excluding hydrogens is 180 g/mol. The summed E-state index contributed by atoms with van der Waals surface area (Å²) >= 11 is 0. The molecule has 4 nitrogen and oxygen atoms in total. The Morgan fingerprint density at radius 2 is 2.14 bits per heavy atom. The minimum atomic E-state index is 0.256. The van der Waals surface area contributed by atoms with Crippen LogP contribution in [0.25, 0.3) is 0 Å². The Hall–Kier alpha value is -1.97. The second kappa shape index (κ2) is 2.77. The monoisotopic (exact) mass is 188 g/mol. The van der Waals surface area contributed by atoms with E-state index in [1.165, 1.54) is 0 Å². The number of nitrogens with zero attached hydrogens (tertiary/aromatic N) is 1. The van der Waals surface area contributed by atoms with Gasteiger partial charge in [0.15, 0.2) is 0 Å². The van der Waals surface area contributed by atoms with Gasteiger partial charge in [0.25, 0.3) is 0 Å². The molecule has 0 aliphatic carbocycles. The maximum absolute atomic E-state index is 5.25. The van der Waals surface area contributed by atoms with E-state index in [1.807, 2.05) is 24.3 Å². The van der Waals surface area contributed by atoms with Crippen molar-refractivity contribution < 1.29 is 9.47 Å². The molecule has 2 aliphatic heterocycles. The molecule has 1 aromatic carbocycles. The van der Waals surface area contributed by atoms with E-state index in [1.54, 1.807) is 6.21 Å². The fraction of sp³-hybridized carbons (Fsp3) is 0.100. The maximum atomic E-state index is 5.25. The van der Waals surface area contributed by atoms with Crippen molar-refractivity contribution in [2.75, 3.05) is 12.1 Å². The first-order chi connectivity index (χ1) is 6.93. The number of anilines is 1. The van der Waals surface area contributed by atoms with Crippen molar-refractivity contribution in [3.8, 4) is 0 Å². The van der Waals surface area contributed by atoms with Gasteiger partial charge in [-0.15, -0.1) is 0 Å². The van der Waals surface area contributed by atoms with Gasteiger partial charge >= 0.3 is 0 Å². The number of fused-ring (bicyclic) bond motifs is 1. The van der Waals surface area contributed by atoms with Crippen LogP contribution in [-0.4, -0.2) is 13.0 Å². The molecule has 0 aromatic heterocycles. The van der Waals surface area contributed by atoms with Crippen molar-refractivity contribution in [2.45, 2.75) is 0 Å². The zero-order chi connectivity index (χ0) is 9.38. The van der Waals surface area contributed by atoms with Gasteiger partial charge < -0.3 is 14.8 Å². The summed E-state index contributed by atoms with van der Waals surface area (Å²) in [5.74, 6) is 1.29. The summed E-state index contributed by atoms with van der Waals surface area (Å²) in [5, 5.41) is 3.13. The van der Waals surface area contributed by atoms with E-state index < -0.39 is 0 Å². The second-order valence-corrected chi connectivity index (χ2v) is 3.00. The van der Waals surface area contributed by atoms with Crippen LogP contribution in [0.3, 0.4) is 0 Å². The highest BCUT2D eigenvalue weighted by molar-refractivity contribution is 5.85. The van der Waals surface area contributed by atoms with Gasteiger partial charge in [-0.1, -0.05) is 12.1 Å². The molecule has 0 fully saturated rings. The summed E-state index contributed by atoms with van der Waals surface area (Å²) < 4.78 is 10.5. The Morgan fingerprint density at radius 1 is 1.21 bits per heavy atom. The quantitative estimate of drug-likeness (QED) is 0.677. The van der Waals surface area contributed by atoms with Crippen molar-refractivity contribution in [2.24, 2.45) is 4.99 Å². The molecule has 2 heterocycles. The predicted octanol–water partition coefficient (Wildman–Crippen LogP) is 1.99. The minimum Gasteiger partial charge on any atom is -0.450 e. The van der Waals surface area contributed by atoms with Gasteiger partial charge in [0, 0.05) is 0 Å². The van der Waals surface area contributed by atoms with Crippen LogP contribution >= 0.6 is 0 Å². The van der Waals surface area contributed by atoms with E-state index in [0.717, 1.165) is 11.4 Å². The van der Waals surface area contributed by atoms with Crippen LogP contribution in [0.4, 0.5) is 11.4 Å². The molecule has 1 aromatic rings. The van der Waals surface area contributed by atoms with Crippen LogP contribution < -0.4 is 5.32 Å². The Balaban J connectivity index is 2.09. The normalized spacial score (nSPS) is 17.4. The molecule has 0 spiro atoms. The van der Waals surface area contributed by atoms with Crippen LogP contribution in [0, 0.1) is 0 Å². The van der Waals surface area contributed by atoms with E-state index in [4.69, 9.17) is 9.47 Å². The first-order valence-corrected chi connectivity index (χ1v) is 4.33. The van der Waals surface area contributed by atoms with E-state index in [9.17, 15) is 0 Å². The largest absolute Gasteiger partial charge is 0.450 e. The fourth-order valence-corrected chi connectivity index (χ4v) is 1.42. The summed E-state index contributed by atoms with van der Waals surface area (Å²) in [4.78, 5) is 4.28. The third kappa shape index (κ3) is 1.04. The highest BCUT2D eigenvalue weighted by Crippen LogP contribution is 2.30. The lowest BCUT2D eigenvalue weighted by atomic mass is 10.3. The summed E-state index contributed by atoms with van der Waals surface area (Å²) in [7, 11) is 0. The number of benzene rings is 1. The average Bonchev–Trinajstić information content (AvgIpc) is 2.58. The van der Waals surface area contributed by atoms with Gasteiger partial charge in [-0.05, 0) is 12.1 Å². The van der Waals surface area contributed by atoms with Crippen molar-refractivity contribution in [1.29, 1.82) is 0 Å². The zero-order valence-corrected chi connectivity index (χ0v) is 7.36. The number of rotatable bonds is 0. The first kappa shape index (κ1) is 7.44. The predicted molar refractivity (Wildman–Crippen MR) is 52.3 cm³/mol. The van der Waals surface area contributed by atoms with Crippen LogP contribution in [0.15, 0.2) is 40.9 Å². The van der Waals surface area contributed by atoms with Gasteiger partial charge in [0.1, 0.15) is 0 Å². The molecule has 2 aliphatic rings. The number of hydrogen-bond donors (Lipinski definition) is 1. The van der Waals surface area contributed by atoms with Crippen LogP contribution in [0.1, 0.15) is 0 Å². The first-order valence-electron chi connectivity index (χ1n) is 4.33. The van der Waals surface area contributed by atoms with Crippen molar-refractivity contribution in [1.82, 2.24) is 0 Å². The molecule has 0 amide bonds. The fourth-order valence-electron chi connectivity index (χ4n) is 1.42. The van der Waals surface area contributed by atoms with Gasteiger partial charge in [-0.2, -0.15) is 0 Å². The summed E-state index contributed by atoms with van der Waals surface area (Å²) in [6.45, 7) is 0.256. The Labute approximate surface area is 80.9 Å². The molecule has 0 unspecified atom stereocenters. The topological polar surface area (TPSA) is 42.9 Å². The van der Waals surface area contributed by atoms with Crippen molar-refractivity contribution in [3.05, 3.63) is 35.9 Å². The lowest BCUT2D eigenvalue weighted by Gasteiger charge is -2.06. The second-order valence-electron chi connectivity index (χ2n) is 3.00. The molecule has 0 saturated carbocycles. The molecule has 0 radical (unpaired) electrons. The molecule has 3 rings (SSSR count). The Kier molecular flexibility index (Phi) is 1.47. The van der Waals surface area contributed by atoms with Crippen LogP contribution in [-0.2, 0) is 9.47 Å². The van der Waals surface area contributed by atoms with Crippen LogP contribution in [0.2, 0.25) is 0 Å². The summed E-state index contributed by atoms with van der Waals surface area (Å²) in [6, 6.07) is 7.77. The summed E-state index contributed by atoms with van der Waals surface area (Å²) in [5.41, 5.74) is 1.81. The van der Waals surface area contributed by atoms with Gasteiger partial charge in [0.2, 0.25) is 18.4 Å². The van der Waals surface area contributed by atoms with E-state index in [-0.39, 0.29) is 6.79 Å². The molecular formula is C10H8N2O2. The molecule has 0 saturated heterocycles. The van der Waals surface area contributed by atoms with Gasteiger partial charge in [0.05, 0.1) is 17.6 Å². The molecule has 14 heavy (non-hydrogen) atoms. The SMILES string of the molecule is C1=Nc2ccccc2NC2=C1OCO2. The Morgan fingerprint density at radius 3 is 3.14 bits per heavy atom. The highest BCUT2D eigenvalue weighted by atomic mass is 16.7. The number of aliphatic imine (C=N–C) groups is 1. The lowest BCUT2D eigenvalue weighted by molar-refractivity contribution is 0.0779. The molecule has 0 atom stereocenters. The third-order valence-electron chi connectivity index (χ3n) is 2.11. The Bertz CT molecular complexity index is 438. The zero-order valence-electron chi connectivity index (χ0n) is 7.36. The van der Waals surface area contributed by atoms with E-state index in [0.29, 0.717) is 11.6 Å². The molecule has 4 heteroatoms. The number of allylic oxidation sites excluding steroid dienone is 1. The lowest BCUT2D eigenvalue weighted by Crippen LogP contribution is -2.00. The summed E-state index contributed by atoms with van der Waals surface area (Å²) in [6.07, 6.45) is 1.67. The molecule has 0 bridgehead atoms. The number of hydrogen-bond acceptors (Lipinski definition) is 4. The van der Waals surface area contributed by atoms with Crippen molar-refractivity contribution >= 4 is 17.6 Å². The molecule has 1 N–H and O–H groups in total. The van der Waals surface area contributed by atoms with E-state index >= 15 is 0 Å². The standard InChI is InChI=1S/C10H8N2O2/c1-2-4-8-7(3-1)11-5-9-10(12-8)14-6-13-9/h1-5,12H,6H2. The van der Waals surface area contributed by atoms with Crippen molar-refractivity contribution in [3.63, 3.8) is 0 Å². The van der Waals surface area contributed by atoms with Gasteiger partial charge in [-0.25, -0.2) is 0 Å². The number of nitrogens with one attached hydrogen (secondary N) is 1. The maximum Gasteiger partial charge on any atom is 0.239 e. The molecule has 70 valence electrons. The smallest absolute Gasteiger partial charge is 0.239 e. The van der Waals surface area contributed by atoms with Crippen LogP contribution in [0.5, 0.6) is 0 Å². The average molecular weight is 188 g/mol. The van der Waals surface area contributed by atoms with Gasteiger partial charge in [-0.3, -0.25) is 4.99 Å². The highest BCUT2D eigenvalue weighted by Gasteiger charge is 2.19. The number of ether oxygens (including phenoxy) is 2.